The number of hydrogen-bond donors (Lipinski definition) is 4. The first kappa shape index (κ1) is 55.6. The van der Waals surface area contributed by atoms with Crippen LogP contribution in [0.4, 0.5) is 0 Å². The van der Waals surface area contributed by atoms with Gasteiger partial charge in [-0.05, 0) is 64.2 Å². The lowest BCUT2D eigenvalue weighted by Gasteiger charge is -2.39. The fourth-order valence-corrected chi connectivity index (χ4v) is 6.91. The maximum absolute atomic E-state index is 12.8. The lowest BCUT2D eigenvalue weighted by atomic mass is 9.99. The van der Waals surface area contributed by atoms with Gasteiger partial charge >= 0.3 is 5.97 Å². The molecule has 6 atom stereocenters. The molecule has 0 aromatic carbocycles. The van der Waals surface area contributed by atoms with Gasteiger partial charge in [0, 0.05) is 13.0 Å². The first-order valence-electron chi connectivity index (χ1n) is 24.0. The van der Waals surface area contributed by atoms with Gasteiger partial charge in [0.05, 0.1) is 19.8 Å². The highest BCUT2D eigenvalue weighted by Crippen LogP contribution is 2.22. The Morgan fingerprint density at radius 2 is 1.02 bits per heavy atom. The molecule has 346 valence electrons. The molecule has 60 heavy (non-hydrogen) atoms. The van der Waals surface area contributed by atoms with Crippen LogP contribution < -0.4 is 0 Å². The zero-order valence-corrected chi connectivity index (χ0v) is 37.9. The van der Waals surface area contributed by atoms with Crippen molar-refractivity contribution < 1.29 is 44.2 Å². The molecule has 4 N–H and O–H groups in total. The fourth-order valence-electron chi connectivity index (χ4n) is 6.91. The summed E-state index contributed by atoms with van der Waals surface area (Å²) >= 11 is 0. The zero-order chi connectivity index (χ0) is 43.6. The number of rotatable bonds is 40. The molecule has 0 aromatic heterocycles. The van der Waals surface area contributed by atoms with Crippen molar-refractivity contribution in [3.63, 3.8) is 0 Å². The van der Waals surface area contributed by atoms with E-state index in [0.717, 1.165) is 83.5 Å². The van der Waals surface area contributed by atoms with Crippen molar-refractivity contribution in [2.45, 2.75) is 218 Å². The van der Waals surface area contributed by atoms with Gasteiger partial charge < -0.3 is 39.4 Å². The molecule has 9 heteroatoms. The van der Waals surface area contributed by atoms with Crippen molar-refractivity contribution in [1.29, 1.82) is 0 Å². The van der Waals surface area contributed by atoms with E-state index in [1.807, 2.05) is 0 Å². The summed E-state index contributed by atoms with van der Waals surface area (Å²) in [6, 6.07) is 0. The van der Waals surface area contributed by atoms with Gasteiger partial charge in [-0.15, -0.1) is 0 Å². The minimum absolute atomic E-state index is 0.126. The molecular weight excluding hydrogens is 757 g/mol. The van der Waals surface area contributed by atoms with Crippen molar-refractivity contribution in [3.8, 4) is 0 Å². The van der Waals surface area contributed by atoms with Crippen LogP contribution in [0.25, 0.3) is 0 Å². The molecule has 0 aromatic rings. The molecule has 1 fully saturated rings. The molecular formula is C51H88O9. The molecule has 1 heterocycles. The third-order valence-electron chi connectivity index (χ3n) is 10.6. The van der Waals surface area contributed by atoms with Crippen molar-refractivity contribution >= 4 is 5.97 Å². The topological polar surface area (TPSA) is 135 Å². The first-order valence-corrected chi connectivity index (χ1v) is 24.0. The van der Waals surface area contributed by atoms with Crippen molar-refractivity contribution in [2.75, 3.05) is 26.4 Å². The van der Waals surface area contributed by atoms with Gasteiger partial charge in [-0.2, -0.15) is 0 Å². The maximum atomic E-state index is 12.8. The Morgan fingerprint density at radius 3 is 1.53 bits per heavy atom. The molecule has 1 aliphatic rings. The first-order chi connectivity index (χ1) is 29.4. The predicted molar refractivity (Wildman–Crippen MR) is 247 cm³/mol. The minimum Gasteiger partial charge on any atom is -0.457 e. The van der Waals surface area contributed by atoms with Crippen LogP contribution in [0.1, 0.15) is 181 Å². The number of carbonyl (C=O) groups is 1. The van der Waals surface area contributed by atoms with Gasteiger partial charge in [-0.1, -0.05) is 183 Å². The highest BCUT2D eigenvalue weighted by molar-refractivity contribution is 5.69. The molecule has 0 radical (unpaired) electrons. The molecule has 1 aliphatic heterocycles. The number of unbranched alkanes of at least 4 members (excludes halogenated alkanes) is 17. The molecule has 6 unspecified atom stereocenters. The van der Waals surface area contributed by atoms with Gasteiger partial charge in [0.2, 0.25) is 0 Å². The number of hydrogen-bond acceptors (Lipinski definition) is 9. The summed E-state index contributed by atoms with van der Waals surface area (Å²) in [6.07, 6.45) is 47.8. The van der Waals surface area contributed by atoms with Crippen molar-refractivity contribution in [3.05, 3.63) is 72.9 Å². The Labute approximate surface area is 366 Å². The SMILES string of the molecule is CC/C=C\C/C=C\C/C=C\C/C=C\C/C=C\C/C=C\CCCCCCC(=O)OC(COCCCCCCCCCCCCCCCC)COC1OC(CO)C(O)C(O)C1O. The van der Waals surface area contributed by atoms with E-state index in [-0.39, 0.29) is 25.6 Å². The summed E-state index contributed by atoms with van der Waals surface area (Å²) in [7, 11) is 0. The number of aliphatic hydroxyl groups excluding tert-OH is 4. The second-order valence-corrected chi connectivity index (χ2v) is 16.2. The third-order valence-corrected chi connectivity index (χ3v) is 10.6. The van der Waals surface area contributed by atoms with Gasteiger partial charge in [0.1, 0.15) is 30.5 Å². The van der Waals surface area contributed by atoms with Gasteiger partial charge in [0.15, 0.2) is 6.29 Å². The van der Waals surface area contributed by atoms with Crippen LogP contribution >= 0.6 is 0 Å². The van der Waals surface area contributed by atoms with E-state index in [2.05, 4.69) is 86.8 Å². The summed E-state index contributed by atoms with van der Waals surface area (Å²) in [5.74, 6) is -0.338. The van der Waals surface area contributed by atoms with E-state index in [4.69, 9.17) is 18.9 Å². The van der Waals surface area contributed by atoms with Crippen LogP contribution in [-0.4, -0.2) is 89.6 Å². The number of esters is 1. The predicted octanol–water partition coefficient (Wildman–Crippen LogP) is 11.3. The summed E-state index contributed by atoms with van der Waals surface area (Å²) in [5, 5.41) is 40.2. The maximum Gasteiger partial charge on any atom is 0.306 e. The Morgan fingerprint density at radius 1 is 0.550 bits per heavy atom. The van der Waals surface area contributed by atoms with E-state index in [1.165, 1.54) is 77.0 Å². The summed E-state index contributed by atoms with van der Waals surface area (Å²) in [4.78, 5) is 12.8. The second-order valence-electron chi connectivity index (χ2n) is 16.2. The van der Waals surface area contributed by atoms with Crippen LogP contribution in [0.2, 0.25) is 0 Å². The van der Waals surface area contributed by atoms with E-state index in [0.29, 0.717) is 6.61 Å². The zero-order valence-electron chi connectivity index (χ0n) is 37.9. The largest absolute Gasteiger partial charge is 0.457 e. The van der Waals surface area contributed by atoms with E-state index in [9.17, 15) is 25.2 Å². The van der Waals surface area contributed by atoms with Crippen LogP contribution in [0.15, 0.2) is 72.9 Å². The normalized spacial score (nSPS) is 20.7. The lowest BCUT2D eigenvalue weighted by molar-refractivity contribution is -0.305. The second kappa shape index (κ2) is 42.0. The highest BCUT2D eigenvalue weighted by atomic mass is 16.7. The smallest absolute Gasteiger partial charge is 0.306 e. The number of carbonyl (C=O) groups excluding carboxylic acids is 1. The van der Waals surface area contributed by atoms with E-state index in [1.54, 1.807) is 0 Å². The van der Waals surface area contributed by atoms with E-state index >= 15 is 0 Å². The standard InChI is InChI=1S/C51H88O9/c1-3-5-7-9-11-13-15-17-19-20-21-22-23-24-25-26-27-28-30-32-34-36-38-40-47(53)59-45(44-58-51-50(56)49(55)48(54)46(42-52)60-51)43-57-41-39-37-35-33-31-29-18-16-14-12-10-8-6-4-2/h5,7,11,13,17,19,21-22,24-25,27-28,45-46,48-52,54-56H,3-4,6,8-10,12,14-16,18,20,23,26,29-44H2,1-2H3/b7-5-,13-11-,19-17-,22-21-,25-24-,28-27-. The van der Waals surface area contributed by atoms with Gasteiger partial charge in [-0.3, -0.25) is 4.79 Å². The lowest BCUT2D eigenvalue weighted by Crippen LogP contribution is -2.59. The minimum atomic E-state index is -1.54. The van der Waals surface area contributed by atoms with Crippen molar-refractivity contribution in [1.82, 2.24) is 0 Å². The third kappa shape index (κ3) is 32.4. The molecule has 0 bridgehead atoms. The summed E-state index contributed by atoms with van der Waals surface area (Å²) in [6.45, 7) is 4.41. The number of aliphatic hydroxyl groups is 4. The summed E-state index contributed by atoms with van der Waals surface area (Å²) in [5.41, 5.74) is 0. The average molecular weight is 845 g/mol. The molecule has 9 nitrogen and oxygen atoms in total. The molecule has 1 rings (SSSR count). The van der Waals surface area contributed by atoms with E-state index < -0.39 is 43.4 Å². The van der Waals surface area contributed by atoms with Crippen LogP contribution in [0.5, 0.6) is 0 Å². The average Bonchev–Trinajstić information content (AvgIpc) is 3.25. The molecule has 0 amide bonds. The quantitative estimate of drug-likeness (QED) is 0.0270. The van der Waals surface area contributed by atoms with Crippen molar-refractivity contribution in [2.24, 2.45) is 0 Å². The van der Waals surface area contributed by atoms with Gasteiger partial charge in [-0.25, -0.2) is 0 Å². The van der Waals surface area contributed by atoms with Crippen LogP contribution in [-0.2, 0) is 23.7 Å². The van der Waals surface area contributed by atoms with Crippen LogP contribution in [0.3, 0.4) is 0 Å². The number of ether oxygens (including phenoxy) is 4. The van der Waals surface area contributed by atoms with Gasteiger partial charge in [0.25, 0.3) is 0 Å². The molecule has 0 aliphatic carbocycles. The van der Waals surface area contributed by atoms with Crippen LogP contribution in [0, 0.1) is 0 Å². The Balaban J connectivity index is 2.26. The Hall–Kier alpha value is -2.37. The molecule has 0 saturated carbocycles. The monoisotopic (exact) mass is 845 g/mol. The molecule has 1 saturated heterocycles. The number of allylic oxidation sites excluding steroid dienone is 12. The Kier molecular flexibility index (Phi) is 38.9. The summed E-state index contributed by atoms with van der Waals surface area (Å²) < 4.78 is 22.8. The fraction of sp³-hybridized carbons (Fsp3) is 0.745. The Bertz CT molecular complexity index is 1140. The molecule has 0 spiro atoms. The highest BCUT2D eigenvalue weighted by Gasteiger charge is 2.44.